The number of ketones is 1. The van der Waals surface area contributed by atoms with Crippen LogP contribution in [0.4, 0.5) is 0 Å². The SMILES string of the molecule is COc1ccc(C(=O)COC(=O)c2ccccc2Cc2ccccc2)c(OC)c1. The lowest BCUT2D eigenvalue weighted by molar-refractivity contribution is 0.0473. The van der Waals surface area contributed by atoms with Crippen molar-refractivity contribution < 1.29 is 23.8 Å². The number of rotatable bonds is 8. The van der Waals surface area contributed by atoms with E-state index in [4.69, 9.17) is 14.2 Å². The van der Waals surface area contributed by atoms with E-state index in [0.29, 0.717) is 29.0 Å². The van der Waals surface area contributed by atoms with Gasteiger partial charge in [-0.2, -0.15) is 0 Å². The van der Waals surface area contributed by atoms with Gasteiger partial charge in [0.15, 0.2) is 6.61 Å². The Morgan fingerprint density at radius 1 is 0.793 bits per heavy atom. The van der Waals surface area contributed by atoms with Crippen molar-refractivity contribution >= 4 is 11.8 Å². The number of hydrogen-bond acceptors (Lipinski definition) is 5. The van der Waals surface area contributed by atoms with Crippen molar-refractivity contribution in [2.45, 2.75) is 6.42 Å². The topological polar surface area (TPSA) is 61.8 Å². The van der Waals surface area contributed by atoms with E-state index >= 15 is 0 Å². The zero-order valence-corrected chi connectivity index (χ0v) is 16.4. The van der Waals surface area contributed by atoms with E-state index in [1.807, 2.05) is 42.5 Å². The highest BCUT2D eigenvalue weighted by atomic mass is 16.5. The van der Waals surface area contributed by atoms with Gasteiger partial charge < -0.3 is 14.2 Å². The molecule has 0 spiro atoms. The van der Waals surface area contributed by atoms with Crippen molar-refractivity contribution in [3.63, 3.8) is 0 Å². The number of methoxy groups -OCH3 is 2. The summed E-state index contributed by atoms with van der Waals surface area (Å²) < 4.78 is 15.7. The molecule has 0 N–H and O–H groups in total. The average Bonchev–Trinajstić information content (AvgIpc) is 2.77. The van der Waals surface area contributed by atoms with E-state index in [1.54, 1.807) is 30.3 Å². The average molecular weight is 390 g/mol. The first-order chi connectivity index (χ1) is 14.1. The van der Waals surface area contributed by atoms with Crippen LogP contribution in [0.3, 0.4) is 0 Å². The van der Waals surface area contributed by atoms with Crippen molar-refractivity contribution in [2.24, 2.45) is 0 Å². The first-order valence-electron chi connectivity index (χ1n) is 9.16. The van der Waals surface area contributed by atoms with Crippen molar-refractivity contribution in [2.75, 3.05) is 20.8 Å². The quantitative estimate of drug-likeness (QED) is 0.423. The van der Waals surface area contributed by atoms with Crippen LogP contribution < -0.4 is 9.47 Å². The van der Waals surface area contributed by atoms with Crippen molar-refractivity contribution in [3.8, 4) is 11.5 Å². The van der Waals surface area contributed by atoms with Crippen LogP contribution >= 0.6 is 0 Å². The lowest BCUT2D eigenvalue weighted by Gasteiger charge is -2.11. The van der Waals surface area contributed by atoms with Crippen LogP contribution in [-0.2, 0) is 11.2 Å². The molecular weight excluding hydrogens is 368 g/mol. The summed E-state index contributed by atoms with van der Waals surface area (Å²) in [5.41, 5.74) is 2.72. The van der Waals surface area contributed by atoms with Crippen LogP contribution in [0.1, 0.15) is 31.8 Å². The molecular formula is C24H22O5. The van der Waals surface area contributed by atoms with E-state index < -0.39 is 5.97 Å². The Kier molecular flexibility index (Phi) is 6.63. The lowest BCUT2D eigenvalue weighted by atomic mass is 10.00. The second kappa shape index (κ2) is 9.55. The molecule has 0 saturated carbocycles. The predicted molar refractivity (Wildman–Crippen MR) is 110 cm³/mol. The standard InChI is InChI=1S/C24H22O5/c1-27-19-12-13-21(23(15-19)28-2)22(25)16-29-24(26)20-11-7-6-10-18(20)14-17-8-4-3-5-9-17/h3-13,15H,14,16H2,1-2H3. The third-order valence-electron chi connectivity index (χ3n) is 4.52. The molecule has 0 bridgehead atoms. The van der Waals surface area contributed by atoms with Crippen molar-refractivity contribution in [1.29, 1.82) is 0 Å². The maximum Gasteiger partial charge on any atom is 0.338 e. The second-order valence-electron chi connectivity index (χ2n) is 6.39. The Balaban J connectivity index is 1.71. The van der Waals surface area contributed by atoms with E-state index in [1.165, 1.54) is 14.2 Å². The van der Waals surface area contributed by atoms with Crippen LogP contribution in [0.2, 0.25) is 0 Å². The van der Waals surface area contributed by atoms with Gasteiger partial charge in [0.25, 0.3) is 0 Å². The molecule has 0 atom stereocenters. The van der Waals surface area contributed by atoms with Gasteiger partial charge in [0.05, 0.1) is 25.3 Å². The molecule has 3 aromatic rings. The molecule has 3 aromatic carbocycles. The minimum Gasteiger partial charge on any atom is -0.497 e. The molecule has 0 amide bonds. The third kappa shape index (κ3) is 5.02. The van der Waals surface area contributed by atoms with Crippen molar-refractivity contribution in [1.82, 2.24) is 0 Å². The maximum atomic E-state index is 12.6. The Bertz CT molecular complexity index is 995. The Hall–Kier alpha value is -3.60. The van der Waals surface area contributed by atoms with Crippen LogP contribution in [0.25, 0.3) is 0 Å². The molecule has 0 aliphatic rings. The molecule has 0 heterocycles. The summed E-state index contributed by atoms with van der Waals surface area (Å²) in [7, 11) is 3.00. The summed E-state index contributed by atoms with van der Waals surface area (Å²) in [4.78, 5) is 25.2. The first-order valence-corrected chi connectivity index (χ1v) is 9.16. The van der Waals surface area contributed by atoms with Gasteiger partial charge in [-0.25, -0.2) is 4.79 Å². The van der Waals surface area contributed by atoms with Gasteiger partial charge in [-0.05, 0) is 35.7 Å². The first kappa shape index (κ1) is 20.1. The number of esters is 1. The third-order valence-corrected chi connectivity index (χ3v) is 4.52. The van der Waals surface area contributed by atoms with E-state index in [9.17, 15) is 9.59 Å². The number of Topliss-reactive ketones (excluding diaryl/α,β-unsaturated/α-hetero) is 1. The van der Waals surface area contributed by atoms with E-state index in [2.05, 4.69) is 0 Å². The molecule has 5 nitrogen and oxygen atoms in total. The summed E-state index contributed by atoms with van der Waals surface area (Å²) in [6, 6.07) is 22.0. The number of hydrogen-bond donors (Lipinski definition) is 0. The minimum atomic E-state index is -0.530. The van der Waals surface area contributed by atoms with Crippen LogP contribution in [0.5, 0.6) is 11.5 Å². The minimum absolute atomic E-state index is 0.332. The van der Waals surface area contributed by atoms with Crippen LogP contribution in [0, 0.1) is 0 Å². The van der Waals surface area contributed by atoms with E-state index in [-0.39, 0.29) is 12.4 Å². The summed E-state index contributed by atoms with van der Waals surface area (Å²) in [6.07, 6.45) is 0.604. The molecule has 148 valence electrons. The summed E-state index contributed by atoms with van der Waals surface area (Å²) in [5.74, 6) is 0.0656. The molecule has 0 radical (unpaired) electrons. The molecule has 0 fully saturated rings. The van der Waals surface area contributed by atoms with Crippen LogP contribution in [-0.4, -0.2) is 32.6 Å². The zero-order chi connectivity index (χ0) is 20.6. The highest BCUT2D eigenvalue weighted by Gasteiger charge is 2.18. The lowest BCUT2D eigenvalue weighted by Crippen LogP contribution is -2.16. The smallest absolute Gasteiger partial charge is 0.338 e. The van der Waals surface area contributed by atoms with Gasteiger partial charge in [-0.3, -0.25) is 4.79 Å². The highest BCUT2D eigenvalue weighted by Crippen LogP contribution is 2.25. The number of benzene rings is 3. The summed E-state index contributed by atoms with van der Waals surface area (Å²) in [6.45, 7) is -0.374. The largest absolute Gasteiger partial charge is 0.497 e. The molecule has 0 saturated heterocycles. The monoisotopic (exact) mass is 390 g/mol. The predicted octanol–water partition coefficient (Wildman–Crippen LogP) is 4.33. The van der Waals surface area contributed by atoms with Crippen molar-refractivity contribution in [3.05, 3.63) is 95.1 Å². The van der Waals surface area contributed by atoms with Crippen LogP contribution in [0.15, 0.2) is 72.8 Å². The summed E-state index contributed by atoms with van der Waals surface area (Å²) in [5, 5.41) is 0. The molecule has 3 rings (SSSR count). The van der Waals surface area contributed by atoms with Gasteiger partial charge in [0.1, 0.15) is 11.5 Å². The Morgan fingerprint density at radius 2 is 1.52 bits per heavy atom. The number of ether oxygens (including phenoxy) is 3. The molecule has 0 aromatic heterocycles. The Morgan fingerprint density at radius 3 is 2.24 bits per heavy atom. The van der Waals surface area contributed by atoms with Gasteiger partial charge in [0, 0.05) is 6.07 Å². The zero-order valence-electron chi connectivity index (χ0n) is 16.4. The second-order valence-corrected chi connectivity index (χ2v) is 6.39. The molecule has 29 heavy (non-hydrogen) atoms. The number of carbonyl (C=O) groups is 2. The van der Waals surface area contributed by atoms with Gasteiger partial charge in [-0.15, -0.1) is 0 Å². The highest BCUT2D eigenvalue weighted by molar-refractivity contribution is 6.01. The van der Waals surface area contributed by atoms with Gasteiger partial charge in [0.2, 0.25) is 5.78 Å². The maximum absolute atomic E-state index is 12.6. The molecule has 0 aliphatic heterocycles. The molecule has 0 unspecified atom stereocenters. The number of carbonyl (C=O) groups excluding carboxylic acids is 2. The van der Waals surface area contributed by atoms with Gasteiger partial charge in [-0.1, -0.05) is 48.5 Å². The van der Waals surface area contributed by atoms with E-state index in [0.717, 1.165) is 11.1 Å². The molecule has 0 aliphatic carbocycles. The fraction of sp³-hybridized carbons (Fsp3) is 0.167. The fourth-order valence-electron chi connectivity index (χ4n) is 3.00. The normalized spacial score (nSPS) is 10.3. The van der Waals surface area contributed by atoms with Gasteiger partial charge >= 0.3 is 5.97 Å². The summed E-state index contributed by atoms with van der Waals surface area (Å²) >= 11 is 0. The Labute approximate surface area is 169 Å². The fourth-order valence-corrected chi connectivity index (χ4v) is 3.00. The molecule has 5 heteroatoms.